The van der Waals surface area contributed by atoms with Crippen molar-refractivity contribution in [2.75, 3.05) is 25.5 Å². The topological polar surface area (TPSA) is 28.2 Å². The lowest BCUT2D eigenvalue weighted by molar-refractivity contribution is 0.411. The molecule has 0 saturated carbocycles. The quantitative estimate of drug-likeness (QED) is 0.800. The van der Waals surface area contributed by atoms with Crippen LogP contribution in [0.3, 0.4) is 0 Å². The molecule has 82 valence electrons. The van der Waals surface area contributed by atoms with Crippen molar-refractivity contribution in [2.45, 2.75) is 25.3 Å². The second-order valence-corrected chi connectivity index (χ2v) is 4.35. The molecule has 1 aromatic heterocycles. The van der Waals surface area contributed by atoms with E-state index in [1.54, 1.807) is 0 Å². The van der Waals surface area contributed by atoms with Gasteiger partial charge in [-0.3, -0.25) is 0 Å². The van der Waals surface area contributed by atoms with Crippen molar-refractivity contribution in [1.82, 2.24) is 10.3 Å². The van der Waals surface area contributed by atoms with Gasteiger partial charge < -0.3 is 10.2 Å². The van der Waals surface area contributed by atoms with Crippen molar-refractivity contribution in [2.24, 2.45) is 0 Å². The summed E-state index contributed by atoms with van der Waals surface area (Å²) in [5.41, 5.74) is 1.32. The molecule has 0 spiro atoms. The predicted octanol–water partition coefficient (Wildman–Crippen LogP) is 1.96. The summed E-state index contributed by atoms with van der Waals surface area (Å²) in [6.07, 6.45) is 5.87. The summed E-state index contributed by atoms with van der Waals surface area (Å²) >= 11 is 0. The van der Waals surface area contributed by atoms with Crippen LogP contribution in [0.4, 0.5) is 5.82 Å². The van der Waals surface area contributed by atoms with Crippen molar-refractivity contribution >= 4 is 5.82 Å². The van der Waals surface area contributed by atoms with Crippen molar-refractivity contribution in [1.29, 1.82) is 0 Å². The number of hydrogen-bond donors (Lipinski definition) is 1. The molecule has 0 radical (unpaired) electrons. The Labute approximate surface area is 91.5 Å². The summed E-state index contributed by atoms with van der Waals surface area (Å²) in [5.74, 6) is 1.02. The molecule has 1 saturated heterocycles. The summed E-state index contributed by atoms with van der Waals surface area (Å²) in [5, 5.41) is 3.53. The van der Waals surface area contributed by atoms with Gasteiger partial charge in [-0.15, -0.1) is 0 Å². The fourth-order valence-electron chi connectivity index (χ4n) is 2.00. The first-order valence-corrected chi connectivity index (χ1v) is 5.64. The number of hydrogen-bond acceptors (Lipinski definition) is 3. The third-order valence-corrected chi connectivity index (χ3v) is 2.94. The van der Waals surface area contributed by atoms with Crippen molar-refractivity contribution in [3.05, 3.63) is 23.9 Å². The number of nitrogens with zero attached hydrogens (tertiary/aromatic N) is 2. The number of rotatable bonds is 2. The van der Waals surface area contributed by atoms with E-state index in [0.717, 1.165) is 12.4 Å². The summed E-state index contributed by atoms with van der Waals surface area (Å²) in [6, 6.07) is 4.79. The van der Waals surface area contributed by atoms with Crippen molar-refractivity contribution in [3.8, 4) is 0 Å². The summed E-state index contributed by atoms with van der Waals surface area (Å²) in [6.45, 7) is 1.14. The number of pyridine rings is 1. The standard InChI is InChI=1S/C12H19N3/c1-15(2)12-7-6-10(9-14-12)11-5-3-4-8-13-11/h6-7,9,11,13H,3-5,8H2,1-2H3/t11-/m1/s1. The Balaban J connectivity index is 2.08. The molecule has 0 aromatic carbocycles. The maximum atomic E-state index is 4.44. The fraction of sp³-hybridized carbons (Fsp3) is 0.583. The van der Waals surface area contributed by atoms with Gasteiger partial charge in [-0.25, -0.2) is 4.98 Å². The van der Waals surface area contributed by atoms with E-state index in [-0.39, 0.29) is 0 Å². The molecule has 0 bridgehead atoms. The molecule has 0 unspecified atom stereocenters. The SMILES string of the molecule is CN(C)c1ccc([C@H]2CCCCN2)cn1. The van der Waals surface area contributed by atoms with Crippen LogP contribution in [0.5, 0.6) is 0 Å². The summed E-state index contributed by atoms with van der Waals surface area (Å²) in [7, 11) is 4.03. The summed E-state index contributed by atoms with van der Waals surface area (Å²) in [4.78, 5) is 6.47. The van der Waals surface area contributed by atoms with Crippen LogP contribution in [0.25, 0.3) is 0 Å². The number of anilines is 1. The lowest BCUT2D eigenvalue weighted by Gasteiger charge is -2.24. The zero-order valence-electron chi connectivity index (χ0n) is 9.53. The molecule has 1 aromatic rings. The number of piperidine rings is 1. The second kappa shape index (κ2) is 4.62. The Bertz CT molecular complexity index is 299. The van der Waals surface area contributed by atoms with E-state index in [0.29, 0.717) is 6.04 Å². The molecule has 1 N–H and O–H groups in total. The molecule has 1 fully saturated rings. The molecule has 1 atom stereocenters. The summed E-state index contributed by atoms with van der Waals surface area (Å²) < 4.78 is 0. The maximum Gasteiger partial charge on any atom is 0.127 e. The van der Waals surface area contributed by atoms with E-state index in [2.05, 4.69) is 22.4 Å². The highest BCUT2D eigenvalue weighted by Crippen LogP contribution is 2.23. The molecule has 0 amide bonds. The normalized spacial score (nSPS) is 21.3. The molecular formula is C12H19N3. The van der Waals surface area contributed by atoms with E-state index in [9.17, 15) is 0 Å². The molecule has 3 heteroatoms. The van der Waals surface area contributed by atoms with Gasteiger partial charge in [0.1, 0.15) is 5.82 Å². The van der Waals surface area contributed by atoms with Crippen LogP contribution in [0.1, 0.15) is 30.9 Å². The van der Waals surface area contributed by atoms with Crippen molar-refractivity contribution in [3.63, 3.8) is 0 Å². The first-order valence-electron chi connectivity index (χ1n) is 5.64. The highest BCUT2D eigenvalue weighted by molar-refractivity contribution is 5.37. The molecular weight excluding hydrogens is 186 g/mol. The van der Waals surface area contributed by atoms with Crippen LogP contribution >= 0.6 is 0 Å². The third kappa shape index (κ3) is 2.48. The lowest BCUT2D eigenvalue weighted by Crippen LogP contribution is -2.26. The molecule has 0 aliphatic carbocycles. The van der Waals surface area contributed by atoms with Gasteiger partial charge >= 0.3 is 0 Å². The molecule has 15 heavy (non-hydrogen) atoms. The van der Waals surface area contributed by atoms with Gasteiger partial charge in [0.25, 0.3) is 0 Å². The minimum Gasteiger partial charge on any atom is -0.363 e. The van der Waals surface area contributed by atoms with Crippen LogP contribution < -0.4 is 10.2 Å². The van der Waals surface area contributed by atoms with Gasteiger partial charge in [0.15, 0.2) is 0 Å². The third-order valence-electron chi connectivity index (χ3n) is 2.94. The molecule has 2 rings (SSSR count). The van der Waals surface area contributed by atoms with E-state index >= 15 is 0 Å². The average molecular weight is 205 g/mol. The van der Waals surface area contributed by atoms with Gasteiger partial charge in [-0.1, -0.05) is 12.5 Å². The molecule has 2 heterocycles. The molecule has 1 aliphatic rings. The van der Waals surface area contributed by atoms with Gasteiger partial charge in [0, 0.05) is 26.3 Å². The van der Waals surface area contributed by atoms with Crippen LogP contribution in [-0.2, 0) is 0 Å². The van der Waals surface area contributed by atoms with E-state index in [1.807, 2.05) is 25.2 Å². The van der Waals surface area contributed by atoms with Crippen LogP contribution in [0.15, 0.2) is 18.3 Å². The minimum absolute atomic E-state index is 0.516. The zero-order chi connectivity index (χ0) is 10.7. The number of nitrogens with one attached hydrogen (secondary N) is 1. The largest absolute Gasteiger partial charge is 0.363 e. The maximum absolute atomic E-state index is 4.44. The lowest BCUT2D eigenvalue weighted by atomic mass is 9.99. The highest BCUT2D eigenvalue weighted by Gasteiger charge is 2.14. The number of aromatic nitrogens is 1. The van der Waals surface area contributed by atoms with Gasteiger partial charge in [-0.05, 0) is 31.0 Å². The van der Waals surface area contributed by atoms with Crippen molar-refractivity contribution < 1.29 is 0 Å². The van der Waals surface area contributed by atoms with Crippen LogP contribution in [0, 0.1) is 0 Å². The first kappa shape index (κ1) is 10.4. The smallest absolute Gasteiger partial charge is 0.127 e. The zero-order valence-corrected chi connectivity index (χ0v) is 9.53. The Kier molecular flexibility index (Phi) is 3.21. The van der Waals surface area contributed by atoms with Gasteiger partial charge in [-0.2, -0.15) is 0 Å². The Morgan fingerprint density at radius 3 is 2.73 bits per heavy atom. The van der Waals surface area contributed by atoms with E-state index in [4.69, 9.17) is 0 Å². The Morgan fingerprint density at radius 1 is 1.33 bits per heavy atom. The monoisotopic (exact) mass is 205 g/mol. The van der Waals surface area contributed by atoms with Gasteiger partial charge in [0.2, 0.25) is 0 Å². The average Bonchev–Trinajstić information content (AvgIpc) is 2.30. The Hall–Kier alpha value is -1.09. The predicted molar refractivity (Wildman–Crippen MR) is 63.2 cm³/mol. The molecule has 3 nitrogen and oxygen atoms in total. The van der Waals surface area contributed by atoms with E-state index in [1.165, 1.54) is 24.8 Å². The van der Waals surface area contributed by atoms with Gasteiger partial charge in [0.05, 0.1) is 0 Å². The highest BCUT2D eigenvalue weighted by atomic mass is 15.1. The minimum atomic E-state index is 0.516. The van der Waals surface area contributed by atoms with Crippen LogP contribution in [-0.4, -0.2) is 25.6 Å². The second-order valence-electron chi connectivity index (χ2n) is 4.35. The Morgan fingerprint density at radius 2 is 2.20 bits per heavy atom. The molecule has 1 aliphatic heterocycles. The van der Waals surface area contributed by atoms with Crippen LogP contribution in [0.2, 0.25) is 0 Å². The fourth-order valence-corrected chi connectivity index (χ4v) is 2.00. The first-order chi connectivity index (χ1) is 7.27. The van der Waals surface area contributed by atoms with E-state index < -0.39 is 0 Å².